The molecule has 0 aliphatic rings. The van der Waals surface area contributed by atoms with Gasteiger partial charge in [0.2, 0.25) is 5.91 Å². The first-order valence-corrected chi connectivity index (χ1v) is 8.27. The average molecular weight is 341 g/mol. The van der Waals surface area contributed by atoms with Crippen LogP contribution in [-0.4, -0.2) is 23.6 Å². The topological polar surface area (TPSA) is 75.6 Å². The monoisotopic (exact) mass is 341 g/mol. The maximum atomic E-state index is 12.2. The van der Waals surface area contributed by atoms with Crippen LogP contribution in [-0.2, 0) is 27.3 Å². The van der Waals surface area contributed by atoms with Crippen molar-refractivity contribution < 1.29 is 19.5 Å². The minimum absolute atomic E-state index is 0.161. The standard InChI is InChI=1S/C20H23NO4/c1-2-25-21-18(22)15-20(19(23)24,13-16-9-5-3-6-10-16)14-17-11-7-4-8-12-17/h3-12H,2,13-15H2,1H3,(H,21,22)(H,23,24). The molecule has 0 heterocycles. The molecule has 2 rings (SSSR count). The van der Waals surface area contributed by atoms with Gasteiger partial charge in [-0.3, -0.25) is 14.4 Å². The molecule has 5 heteroatoms. The van der Waals surface area contributed by atoms with Crippen LogP contribution in [0.15, 0.2) is 60.7 Å². The molecule has 0 radical (unpaired) electrons. The lowest BCUT2D eigenvalue weighted by Gasteiger charge is -2.29. The lowest BCUT2D eigenvalue weighted by Crippen LogP contribution is -2.41. The summed E-state index contributed by atoms with van der Waals surface area (Å²) in [5.74, 6) is -1.43. The van der Waals surface area contributed by atoms with Crippen molar-refractivity contribution in [2.24, 2.45) is 5.41 Å². The number of carbonyl (C=O) groups excluding carboxylic acids is 1. The van der Waals surface area contributed by atoms with E-state index in [0.29, 0.717) is 6.61 Å². The molecule has 0 aliphatic carbocycles. The number of carboxylic acids is 1. The van der Waals surface area contributed by atoms with E-state index in [4.69, 9.17) is 4.84 Å². The quantitative estimate of drug-likeness (QED) is 0.688. The molecular weight excluding hydrogens is 318 g/mol. The maximum absolute atomic E-state index is 12.2. The van der Waals surface area contributed by atoms with E-state index in [2.05, 4.69) is 5.48 Å². The zero-order valence-electron chi connectivity index (χ0n) is 14.3. The van der Waals surface area contributed by atoms with Crippen molar-refractivity contribution in [3.8, 4) is 0 Å². The summed E-state index contributed by atoms with van der Waals surface area (Å²) in [6, 6.07) is 18.7. The van der Waals surface area contributed by atoms with Gasteiger partial charge in [0.1, 0.15) is 0 Å². The van der Waals surface area contributed by atoms with E-state index in [1.165, 1.54) is 0 Å². The number of amides is 1. The first-order chi connectivity index (χ1) is 12.1. The van der Waals surface area contributed by atoms with E-state index in [-0.39, 0.29) is 19.3 Å². The molecule has 2 aromatic carbocycles. The first kappa shape index (κ1) is 18.7. The Morgan fingerprint density at radius 1 is 0.960 bits per heavy atom. The highest BCUT2D eigenvalue weighted by Gasteiger charge is 2.41. The van der Waals surface area contributed by atoms with Gasteiger partial charge in [-0.05, 0) is 30.9 Å². The highest BCUT2D eigenvalue weighted by atomic mass is 16.6. The molecular formula is C20H23NO4. The van der Waals surface area contributed by atoms with Crippen molar-refractivity contribution >= 4 is 11.9 Å². The second-order valence-corrected chi connectivity index (χ2v) is 6.05. The minimum Gasteiger partial charge on any atom is -0.481 e. The number of carboxylic acid groups (broad SMARTS) is 1. The van der Waals surface area contributed by atoms with Gasteiger partial charge >= 0.3 is 5.97 Å². The molecule has 0 fully saturated rings. The van der Waals surface area contributed by atoms with Crippen molar-refractivity contribution in [2.45, 2.75) is 26.2 Å². The Kier molecular flexibility index (Phi) is 6.71. The first-order valence-electron chi connectivity index (χ1n) is 8.27. The zero-order chi connectivity index (χ0) is 18.1. The molecule has 25 heavy (non-hydrogen) atoms. The summed E-state index contributed by atoms with van der Waals surface area (Å²) in [4.78, 5) is 29.4. The number of hydroxylamine groups is 1. The number of aliphatic carboxylic acids is 1. The molecule has 0 saturated carbocycles. The Bertz CT molecular complexity index is 644. The zero-order valence-corrected chi connectivity index (χ0v) is 14.3. The number of nitrogens with one attached hydrogen (secondary N) is 1. The van der Waals surface area contributed by atoms with Crippen LogP contribution < -0.4 is 5.48 Å². The third-order valence-corrected chi connectivity index (χ3v) is 4.05. The highest BCUT2D eigenvalue weighted by molar-refractivity contribution is 5.85. The molecule has 0 atom stereocenters. The van der Waals surface area contributed by atoms with E-state index < -0.39 is 17.3 Å². The van der Waals surface area contributed by atoms with Gasteiger partial charge < -0.3 is 5.11 Å². The van der Waals surface area contributed by atoms with Crippen LogP contribution in [0.25, 0.3) is 0 Å². The summed E-state index contributed by atoms with van der Waals surface area (Å²) in [6.45, 7) is 2.07. The Morgan fingerprint density at radius 2 is 1.44 bits per heavy atom. The van der Waals surface area contributed by atoms with Gasteiger partial charge in [-0.25, -0.2) is 5.48 Å². The predicted molar refractivity (Wildman–Crippen MR) is 94.7 cm³/mol. The van der Waals surface area contributed by atoms with Crippen LogP contribution in [0.1, 0.15) is 24.5 Å². The van der Waals surface area contributed by atoms with Gasteiger partial charge in [0.15, 0.2) is 0 Å². The Hall–Kier alpha value is -2.66. The van der Waals surface area contributed by atoms with Crippen molar-refractivity contribution in [1.29, 1.82) is 0 Å². The summed E-state index contributed by atoms with van der Waals surface area (Å²) in [5, 5.41) is 10.00. The Morgan fingerprint density at radius 3 is 1.84 bits per heavy atom. The van der Waals surface area contributed by atoms with Crippen molar-refractivity contribution in [3.63, 3.8) is 0 Å². The number of benzene rings is 2. The van der Waals surface area contributed by atoms with Gasteiger partial charge in [-0.15, -0.1) is 0 Å². The van der Waals surface area contributed by atoms with Crippen molar-refractivity contribution in [2.75, 3.05) is 6.61 Å². The maximum Gasteiger partial charge on any atom is 0.310 e. The van der Waals surface area contributed by atoms with Gasteiger partial charge in [-0.1, -0.05) is 60.7 Å². The van der Waals surface area contributed by atoms with E-state index >= 15 is 0 Å². The number of hydrogen-bond donors (Lipinski definition) is 2. The van der Waals surface area contributed by atoms with E-state index in [9.17, 15) is 14.7 Å². The summed E-state index contributed by atoms with van der Waals surface area (Å²) >= 11 is 0. The molecule has 5 nitrogen and oxygen atoms in total. The fraction of sp³-hybridized carbons (Fsp3) is 0.300. The number of carbonyl (C=O) groups is 2. The van der Waals surface area contributed by atoms with Gasteiger partial charge in [0.05, 0.1) is 12.0 Å². The predicted octanol–water partition coefficient (Wildman–Crippen LogP) is 3.00. The average Bonchev–Trinajstić information content (AvgIpc) is 2.61. The largest absolute Gasteiger partial charge is 0.481 e. The van der Waals surface area contributed by atoms with Crippen molar-refractivity contribution in [3.05, 3.63) is 71.8 Å². The van der Waals surface area contributed by atoms with E-state index in [1.807, 2.05) is 60.7 Å². The SMILES string of the molecule is CCONC(=O)CC(Cc1ccccc1)(Cc1ccccc1)C(=O)O. The van der Waals surface area contributed by atoms with Gasteiger partial charge in [0.25, 0.3) is 0 Å². The Labute approximate surface area is 147 Å². The smallest absolute Gasteiger partial charge is 0.310 e. The molecule has 0 aliphatic heterocycles. The lowest BCUT2D eigenvalue weighted by atomic mass is 9.74. The highest BCUT2D eigenvalue weighted by Crippen LogP contribution is 2.32. The van der Waals surface area contributed by atoms with Crippen LogP contribution in [0, 0.1) is 5.41 Å². The van der Waals surface area contributed by atoms with Crippen LogP contribution in [0.2, 0.25) is 0 Å². The Balaban J connectivity index is 2.32. The summed E-state index contributed by atoms with van der Waals surface area (Å²) in [6.07, 6.45) is 0.362. The molecule has 0 unspecified atom stereocenters. The van der Waals surface area contributed by atoms with Crippen LogP contribution in [0.3, 0.4) is 0 Å². The van der Waals surface area contributed by atoms with Crippen LogP contribution >= 0.6 is 0 Å². The molecule has 0 spiro atoms. The molecule has 2 N–H and O–H groups in total. The lowest BCUT2D eigenvalue weighted by molar-refractivity contribution is -0.154. The van der Waals surface area contributed by atoms with Gasteiger partial charge in [0, 0.05) is 6.42 Å². The number of hydrogen-bond acceptors (Lipinski definition) is 3. The fourth-order valence-corrected chi connectivity index (χ4v) is 2.88. The molecule has 1 amide bonds. The molecule has 0 saturated heterocycles. The summed E-state index contributed by atoms with van der Waals surface area (Å²) < 4.78 is 0. The molecule has 0 bridgehead atoms. The fourth-order valence-electron chi connectivity index (χ4n) is 2.88. The summed E-state index contributed by atoms with van der Waals surface area (Å²) in [7, 11) is 0. The third-order valence-electron chi connectivity index (χ3n) is 4.05. The second kappa shape index (κ2) is 8.99. The second-order valence-electron chi connectivity index (χ2n) is 6.05. The number of rotatable bonds is 9. The normalized spacial score (nSPS) is 11.1. The minimum atomic E-state index is -1.25. The molecule has 132 valence electrons. The van der Waals surface area contributed by atoms with Crippen LogP contribution in [0.5, 0.6) is 0 Å². The van der Waals surface area contributed by atoms with Crippen LogP contribution in [0.4, 0.5) is 0 Å². The van der Waals surface area contributed by atoms with Crippen molar-refractivity contribution in [1.82, 2.24) is 5.48 Å². The molecule has 0 aromatic heterocycles. The van der Waals surface area contributed by atoms with Gasteiger partial charge in [-0.2, -0.15) is 0 Å². The molecule has 2 aromatic rings. The van der Waals surface area contributed by atoms with E-state index in [0.717, 1.165) is 11.1 Å². The third kappa shape index (κ3) is 5.43. The van der Waals surface area contributed by atoms with E-state index in [1.54, 1.807) is 6.92 Å². The summed E-state index contributed by atoms with van der Waals surface area (Å²) in [5.41, 5.74) is 2.82.